The Morgan fingerprint density at radius 2 is 1.71 bits per heavy atom. The highest BCUT2D eigenvalue weighted by Gasteiger charge is 2.40. The number of likely N-dealkylation sites (N-methyl/N-ethyl adjacent to an activating group) is 1. The third kappa shape index (κ3) is 6.54. The third-order valence-corrected chi connectivity index (χ3v) is 6.23. The van der Waals surface area contributed by atoms with Crippen molar-refractivity contribution < 1.29 is 23.9 Å². The highest BCUT2D eigenvalue weighted by Crippen LogP contribution is 2.49. The fourth-order valence-electron chi connectivity index (χ4n) is 4.72. The maximum Gasteiger partial charge on any atom is 0.306 e. The normalized spacial score (nSPS) is 21.4. The van der Waals surface area contributed by atoms with Crippen molar-refractivity contribution in [3.8, 4) is 0 Å². The molecule has 31 heavy (non-hydrogen) atoms. The van der Waals surface area contributed by atoms with Crippen molar-refractivity contribution in [3.05, 3.63) is 24.3 Å². The predicted molar refractivity (Wildman–Crippen MR) is 116 cm³/mol. The molecule has 0 heterocycles. The molecule has 0 aromatic heterocycles. The first-order valence-electron chi connectivity index (χ1n) is 10.9. The number of anilines is 2. The lowest BCUT2D eigenvalue weighted by molar-refractivity contribution is -0.153. The van der Waals surface area contributed by atoms with E-state index in [-0.39, 0.29) is 36.8 Å². The molecule has 2 aliphatic rings. The van der Waals surface area contributed by atoms with E-state index in [1.807, 2.05) is 0 Å². The van der Waals surface area contributed by atoms with Crippen LogP contribution in [0, 0.1) is 17.8 Å². The molecule has 2 saturated carbocycles. The Balaban J connectivity index is 1.40. The lowest BCUT2D eigenvalue weighted by atomic mass is 9.86. The molecular weight excluding hydrogens is 398 g/mol. The van der Waals surface area contributed by atoms with Gasteiger partial charge in [0, 0.05) is 31.3 Å². The maximum absolute atomic E-state index is 12.4. The maximum atomic E-state index is 12.4. The SMILES string of the molecule is CCN(CC(=O)Nc1ccc(NC(C)=O)cc1)C(=O)COC(=O)C[C@H]1C[C@@H]2CC[C@@H]1C2. The fraction of sp³-hybridized carbons (Fsp3) is 0.565. The van der Waals surface area contributed by atoms with Gasteiger partial charge in [0.25, 0.3) is 5.91 Å². The van der Waals surface area contributed by atoms with Crippen molar-refractivity contribution in [3.63, 3.8) is 0 Å². The van der Waals surface area contributed by atoms with Gasteiger partial charge in [0.05, 0.1) is 6.54 Å². The number of fused-ring (bicyclic) bond motifs is 2. The number of amides is 3. The van der Waals surface area contributed by atoms with Crippen LogP contribution >= 0.6 is 0 Å². The summed E-state index contributed by atoms with van der Waals surface area (Å²) in [5, 5.41) is 5.37. The van der Waals surface area contributed by atoms with E-state index in [9.17, 15) is 19.2 Å². The van der Waals surface area contributed by atoms with E-state index in [1.165, 1.54) is 31.1 Å². The molecule has 0 saturated heterocycles. The zero-order valence-electron chi connectivity index (χ0n) is 18.2. The van der Waals surface area contributed by atoms with E-state index in [2.05, 4.69) is 10.6 Å². The van der Waals surface area contributed by atoms with E-state index < -0.39 is 0 Å². The molecule has 3 atom stereocenters. The van der Waals surface area contributed by atoms with Crippen LogP contribution < -0.4 is 10.6 Å². The summed E-state index contributed by atoms with van der Waals surface area (Å²) in [5.41, 5.74) is 1.18. The molecule has 8 nitrogen and oxygen atoms in total. The van der Waals surface area contributed by atoms with Crippen LogP contribution in [0.5, 0.6) is 0 Å². The van der Waals surface area contributed by atoms with Crippen LogP contribution in [-0.4, -0.2) is 48.3 Å². The van der Waals surface area contributed by atoms with Crippen molar-refractivity contribution >= 4 is 35.1 Å². The van der Waals surface area contributed by atoms with Gasteiger partial charge < -0.3 is 20.3 Å². The zero-order chi connectivity index (χ0) is 22.4. The van der Waals surface area contributed by atoms with E-state index in [4.69, 9.17) is 4.74 Å². The Morgan fingerprint density at radius 3 is 2.26 bits per heavy atom. The van der Waals surface area contributed by atoms with Gasteiger partial charge in [-0.3, -0.25) is 19.2 Å². The third-order valence-electron chi connectivity index (χ3n) is 6.23. The molecule has 168 valence electrons. The summed E-state index contributed by atoms with van der Waals surface area (Å²) in [6, 6.07) is 6.68. The largest absolute Gasteiger partial charge is 0.456 e. The molecule has 3 amide bonds. The summed E-state index contributed by atoms with van der Waals surface area (Å²) in [5.74, 6) is 0.550. The van der Waals surface area contributed by atoms with E-state index in [0.29, 0.717) is 36.2 Å². The number of carbonyl (C=O) groups excluding carboxylic acids is 4. The summed E-state index contributed by atoms with van der Waals surface area (Å²) in [4.78, 5) is 49.3. The molecule has 1 aromatic rings. The van der Waals surface area contributed by atoms with Crippen LogP contribution in [-0.2, 0) is 23.9 Å². The molecule has 1 aromatic carbocycles. The van der Waals surface area contributed by atoms with Crippen molar-refractivity contribution in [2.75, 3.05) is 30.3 Å². The minimum atomic E-state index is -0.389. The number of nitrogens with zero attached hydrogens (tertiary/aromatic N) is 1. The molecule has 0 spiro atoms. The Bertz CT molecular complexity index is 823. The van der Waals surface area contributed by atoms with Gasteiger partial charge in [0.2, 0.25) is 11.8 Å². The number of carbonyl (C=O) groups is 4. The summed E-state index contributed by atoms with van der Waals surface area (Å²) in [7, 11) is 0. The van der Waals surface area contributed by atoms with Gasteiger partial charge in [-0.05, 0) is 68.2 Å². The van der Waals surface area contributed by atoms with Crippen molar-refractivity contribution in [1.82, 2.24) is 4.90 Å². The molecule has 0 unspecified atom stereocenters. The number of rotatable bonds is 9. The van der Waals surface area contributed by atoms with Crippen LogP contribution in [0.25, 0.3) is 0 Å². The monoisotopic (exact) mass is 429 g/mol. The number of nitrogens with one attached hydrogen (secondary N) is 2. The van der Waals surface area contributed by atoms with Crippen LogP contribution in [0.3, 0.4) is 0 Å². The average Bonchev–Trinajstić information content (AvgIpc) is 3.34. The van der Waals surface area contributed by atoms with Gasteiger partial charge in [0.15, 0.2) is 6.61 Å². The molecule has 8 heteroatoms. The van der Waals surface area contributed by atoms with E-state index in [0.717, 1.165) is 12.3 Å². The van der Waals surface area contributed by atoms with Crippen LogP contribution in [0.15, 0.2) is 24.3 Å². The average molecular weight is 430 g/mol. The standard InChI is InChI=1S/C23H31N3O5/c1-3-26(13-21(28)25-20-8-6-19(7-9-20)24-15(2)27)22(29)14-31-23(30)12-18-11-16-4-5-17(18)10-16/h6-9,16-18H,3-5,10-14H2,1-2H3,(H,24,27)(H,25,28)/t16-,17-,18-/m1/s1. The number of hydrogen-bond acceptors (Lipinski definition) is 5. The van der Waals surface area contributed by atoms with Crippen LogP contribution in [0.1, 0.15) is 46.0 Å². The van der Waals surface area contributed by atoms with Crippen LogP contribution in [0.2, 0.25) is 0 Å². The Hall–Kier alpha value is -2.90. The fourth-order valence-corrected chi connectivity index (χ4v) is 4.72. The van der Waals surface area contributed by atoms with Crippen molar-refractivity contribution in [2.24, 2.45) is 17.8 Å². The summed E-state index contributed by atoms with van der Waals surface area (Å²) >= 11 is 0. The first-order chi connectivity index (χ1) is 14.8. The number of ether oxygens (including phenoxy) is 1. The Morgan fingerprint density at radius 1 is 1.03 bits per heavy atom. The first-order valence-corrected chi connectivity index (χ1v) is 10.9. The number of esters is 1. The predicted octanol–water partition coefficient (Wildman–Crippen LogP) is 2.80. The van der Waals surface area contributed by atoms with E-state index in [1.54, 1.807) is 31.2 Å². The zero-order valence-corrected chi connectivity index (χ0v) is 18.2. The molecule has 3 rings (SSSR count). The molecule has 2 aliphatic carbocycles. The topological polar surface area (TPSA) is 105 Å². The molecule has 2 fully saturated rings. The highest BCUT2D eigenvalue weighted by molar-refractivity contribution is 5.95. The first kappa shape index (κ1) is 22.8. The molecule has 2 bridgehead atoms. The molecular formula is C23H31N3O5. The number of benzene rings is 1. The molecule has 0 radical (unpaired) electrons. The Kier molecular flexibility index (Phi) is 7.65. The van der Waals surface area contributed by atoms with Gasteiger partial charge >= 0.3 is 5.97 Å². The summed E-state index contributed by atoms with van der Waals surface area (Å²) < 4.78 is 5.20. The van der Waals surface area contributed by atoms with Gasteiger partial charge in [0.1, 0.15) is 0 Å². The summed E-state index contributed by atoms with van der Waals surface area (Å²) in [6.45, 7) is 3.04. The van der Waals surface area contributed by atoms with Crippen molar-refractivity contribution in [1.29, 1.82) is 0 Å². The quantitative estimate of drug-likeness (QED) is 0.588. The second kappa shape index (κ2) is 10.4. The number of hydrogen-bond donors (Lipinski definition) is 2. The summed E-state index contributed by atoms with van der Waals surface area (Å²) in [6.07, 6.45) is 5.19. The second-order valence-electron chi connectivity index (χ2n) is 8.51. The van der Waals surface area contributed by atoms with Crippen molar-refractivity contribution in [2.45, 2.75) is 46.0 Å². The Labute approximate surface area is 182 Å². The van der Waals surface area contributed by atoms with Gasteiger partial charge in [-0.2, -0.15) is 0 Å². The highest BCUT2D eigenvalue weighted by atomic mass is 16.5. The lowest BCUT2D eigenvalue weighted by Gasteiger charge is -2.22. The van der Waals surface area contributed by atoms with Gasteiger partial charge in [-0.25, -0.2) is 0 Å². The lowest BCUT2D eigenvalue weighted by Crippen LogP contribution is -2.40. The minimum absolute atomic E-state index is 0.132. The van der Waals surface area contributed by atoms with Gasteiger partial charge in [-0.1, -0.05) is 6.42 Å². The van der Waals surface area contributed by atoms with E-state index >= 15 is 0 Å². The smallest absolute Gasteiger partial charge is 0.306 e. The van der Waals surface area contributed by atoms with Crippen LogP contribution in [0.4, 0.5) is 11.4 Å². The molecule has 2 N–H and O–H groups in total. The minimum Gasteiger partial charge on any atom is -0.456 e. The second-order valence-corrected chi connectivity index (χ2v) is 8.51. The molecule has 0 aliphatic heterocycles. The van der Waals surface area contributed by atoms with Gasteiger partial charge in [-0.15, -0.1) is 0 Å².